The van der Waals surface area contributed by atoms with Gasteiger partial charge in [0.25, 0.3) is 0 Å². The minimum atomic E-state index is -4.13. The van der Waals surface area contributed by atoms with Crippen LogP contribution in [0.2, 0.25) is 0 Å². The quantitative estimate of drug-likeness (QED) is 0.626. The Balaban J connectivity index is 0.00000242. The van der Waals surface area contributed by atoms with Gasteiger partial charge in [0.2, 0.25) is 0 Å². The van der Waals surface area contributed by atoms with Gasteiger partial charge >= 0.3 is 6.18 Å². The highest BCUT2D eigenvalue weighted by Crippen LogP contribution is 2.29. The molecule has 1 N–H and O–H groups in total. The number of allylic oxidation sites excluding steroid dienone is 1. The van der Waals surface area contributed by atoms with Crippen LogP contribution in [0, 0.1) is 0 Å². The van der Waals surface area contributed by atoms with Crippen molar-refractivity contribution in [2.75, 3.05) is 18.8 Å². The summed E-state index contributed by atoms with van der Waals surface area (Å²) >= 11 is 1.10. The maximum Gasteiger partial charge on any atom is 0.389 e. The van der Waals surface area contributed by atoms with Crippen molar-refractivity contribution in [2.24, 2.45) is 0 Å². The second kappa shape index (κ2) is 8.79. The number of rotatable bonds is 6. The minimum Gasteiger partial charge on any atom is -0.317 e. The van der Waals surface area contributed by atoms with Gasteiger partial charge in [0, 0.05) is 18.2 Å². The van der Waals surface area contributed by atoms with Crippen molar-refractivity contribution in [2.45, 2.75) is 43.1 Å². The van der Waals surface area contributed by atoms with Crippen molar-refractivity contribution in [3.8, 4) is 0 Å². The highest BCUT2D eigenvalue weighted by molar-refractivity contribution is 7.99. The zero-order chi connectivity index (χ0) is 15.3. The van der Waals surface area contributed by atoms with E-state index in [0.29, 0.717) is 17.6 Å². The third-order valence-corrected chi connectivity index (χ3v) is 4.35. The van der Waals surface area contributed by atoms with Crippen molar-refractivity contribution in [1.29, 1.82) is 0 Å². The monoisotopic (exact) mass is 356 g/mol. The number of nitrogens with one attached hydrogen (secondary N) is 1. The lowest BCUT2D eigenvalue weighted by Gasteiger charge is -2.22. The van der Waals surface area contributed by atoms with Crippen molar-refractivity contribution in [3.63, 3.8) is 0 Å². The topological polar surface area (TPSA) is 42.7 Å². The molecular weight excluding hydrogens is 337 g/mol. The van der Waals surface area contributed by atoms with Crippen LogP contribution >= 0.6 is 24.2 Å². The predicted molar refractivity (Wildman–Crippen MR) is 83.7 cm³/mol. The van der Waals surface area contributed by atoms with Crippen LogP contribution < -0.4 is 5.32 Å². The van der Waals surface area contributed by atoms with Crippen LogP contribution in [0.15, 0.2) is 17.8 Å². The van der Waals surface area contributed by atoms with E-state index in [4.69, 9.17) is 0 Å². The van der Waals surface area contributed by atoms with E-state index in [0.717, 1.165) is 43.5 Å². The van der Waals surface area contributed by atoms with Gasteiger partial charge in [-0.2, -0.15) is 13.2 Å². The fourth-order valence-corrected chi connectivity index (χ4v) is 3.29. The molecular formula is C13H20ClF3N4S. The van der Waals surface area contributed by atoms with Gasteiger partial charge in [0.1, 0.15) is 5.82 Å². The predicted octanol–water partition coefficient (Wildman–Crippen LogP) is 3.40. The van der Waals surface area contributed by atoms with E-state index in [1.165, 1.54) is 0 Å². The first-order chi connectivity index (χ1) is 10.0. The summed E-state index contributed by atoms with van der Waals surface area (Å²) in [6, 6.07) is 0. The summed E-state index contributed by atoms with van der Waals surface area (Å²) < 4.78 is 38.6. The highest BCUT2D eigenvalue weighted by atomic mass is 35.5. The maximum atomic E-state index is 12.2. The van der Waals surface area contributed by atoms with Crippen LogP contribution in [0.3, 0.4) is 0 Å². The lowest BCUT2D eigenvalue weighted by atomic mass is 9.97. The molecule has 126 valence electrons. The smallest absolute Gasteiger partial charge is 0.317 e. The molecule has 1 saturated heterocycles. The summed E-state index contributed by atoms with van der Waals surface area (Å²) in [5.74, 6) is 1.15. The number of alkyl halides is 3. The molecule has 0 aromatic carbocycles. The van der Waals surface area contributed by atoms with Crippen LogP contribution in [-0.2, 0) is 6.54 Å². The maximum absolute atomic E-state index is 12.2. The lowest BCUT2D eigenvalue weighted by molar-refractivity contribution is -0.129. The van der Waals surface area contributed by atoms with Gasteiger partial charge in [-0.1, -0.05) is 17.8 Å². The number of aromatic nitrogens is 3. The van der Waals surface area contributed by atoms with Crippen LogP contribution in [0.1, 0.15) is 31.0 Å². The Morgan fingerprint density at radius 1 is 1.32 bits per heavy atom. The van der Waals surface area contributed by atoms with Crippen LogP contribution in [0.4, 0.5) is 13.2 Å². The molecule has 1 aromatic heterocycles. The molecule has 1 aromatic rings. The molecule has 0 saturated carbocycles. The van der Waals surface area contributed by atoms with Gasteiger partial charge in [-0.3, -0.25) is 0 Å². The molecule has 0 spiro atoms. The Morgan fingerprint density at radius 2 is 2.00 bits per heavy atom. The van der Waals surface area contributed by atoms with Crippen molar-refractivity contribution in [1.82, 2.24) is 20.1 Å². The second-order valence-corrected chi connectivity index (χ2v) is 6.04. The Labute approximate surface area is 138 Å². The number of piperidine rings is 1. The molecule has 0 radical (unpaired) electrons. The molecule has 22 heavy (non-hydrogen) atoms. The third-order valence-electron chi connectivity index (χ3n) is 3.38. The molecule has 0 aliphatic carbocycles. The van der Waals surface area contributed by atoms with Gasteiger partial charge < -0.3 is 9.88 Å². The molecule has 9 heteroatoms. The standard InChI is InChI=1S/C13H19F3N4S.ClH/c1-2-8-20-11(10-3-6-17-7-4-10)18-19-12(20)21-9-5-13(14,15)16;/h2,10,17H,1,3-9H2;1H. The molecule has 1 fully saturated rings. The first kappa shape index (κ1) is 19.3. The van der Waals surface area contributed by atoms with Crippen LogP contribution in [0.25, 0.3) is 0 Å². The summed E-state index contributed by atoms with van der Waals surface area (Å²) in [6.45, 7) is 6.10. The molecule has 2 heterocycles. The first-order valence-corrected chi connectivity index (χ1v) is 7.94. The zero-order valence-electron chi connectivity index (χ0n) is 12.1. The first-order valence-electron chi connectivity index (χ1n) is 6.95. The molecule has 1 aliphatic heterocycles. The molecule has 0 atom stereocenters. The van der Waals surface area contributed by atoms with E-state index in [1.807, 2.05) is 4.57 Å². The fraction of sp³-hybridized carbons (Fsp3) is 0.692. The Hall–Kier alpha value is -0.730. The van der Waals surface area contributed by atoms with Crippen molar-refractivity contribution < 1.29 is 13.2 Å². The second-order valence-electron chi connectivity index (χ2n) is 4.98. The average molecular weight is 357 g/mol. The van der Waals surface area contributed by atoms with Gasteiger partial charge in [0.05, 0.1) is 6.42 Å². The summed E-state index contributed by atoms with van der Waals surface area (Å²) in [6.07, 6.45) is -1.28. The van der Waals surface area contributed by atoms with Gasteiger partial charge in [-0.05, 0) is 25.9 Å². The number of nitrogens with zero attached hydrogens (tertiary/aromatic N) is 3. The molecule has 1 aliphatic rings. The van der Waals surface area contributed by atoms with Crippen molar-refractivity contribution >= 4 is 24.2 Å². The zero-order valence-corrected chi connectivity index (χ0v) is 13.7. The van der Waals surface area contributed by atoms with E-state index in [2.05, 4.69) is 22.1 Å². The number of halogens is 4. The van der Waals surface area contributed by atoms with Gasteiger partial charge in [0.15, 0.2) is 5.16 Å². The summed E-state index contributed by atoms with van der Waals surface area (Å²) in [7, 11) is 0. The molecule has 0 unspecified atom stereocenters. The van der Waals surface area contributed by atoms with Gasteiger partial charge in [-0.15, -0.1) is 29.2 Å². The molecule has 0 amide bonds. The Morgan fingerprint density at radius 3 is 2.59 bits per heavy atom. The van der Waals surface area contributed by atoms with Crippen LogP contribution in [0.5, 0.6) is 0 Å². The number of hydrogen-bond donors (Lipinski definition) is 1. The third kappa shape index (κ3) is 5.48. The van der Waals surface area contributed by atoms with Crippen LogP contribution in [-0.4, -0.2) is 39.8 Å². The molecule has 2 rings (SSSR count). The van der Waals surface area contributed by atoms with E-state index < -0.39 is 12.6 Å². The van der Waals surface area contributed by atoms with E-state index in [9.17, 15) is 13.2 Å². The summed E-state index contributed by atoms with van der Waals surface area (Å²) in [5, 5.41) is 12.1. The Bertz CT molecular complexity index is 472. The fourth-order valence-electron chi connectivity index (χ4n) is 2.35. The molecule has 4 nitrogen and oxygen atoms in total. The Kier molecular flexibility index (Phi) is 7.71. The number of thioether (sulfide) groups is 1. The number of hydrogen-bond acceptors (Lipinski definition) is 4. The van der Waals surface area contributed by atoms with Gasteiger partial charge in [-0.25, -0.2) is 0 Å². The normalized spacial score (nSPS) is 16.3. The molecule has 0 bridgehead atoms. The lowest BCUT2D eigenvalue weighted by Crippen LogP contribution is -2.28. The van der Waals surface area contributed by atoms with E-state index >= 15 is 0 Å². The highest BCUT2D eigenvalue weighted by Gasteiger charge is 2.27. The summed E-state index contributed by atoms with van der Waals surface area (Å²) in [4.78, 5) is 0. The summed E-state index contributed by atoms with van der Waals surface area (Å²) in [5.41, 5.74) is 0. The minimum absolute atomic E-state index is 0. The van der Waals surface area contributed by atoms with Crippen molar-refractivity contribution in [3.05, 3.63) is 18.5 Å². The van der Waals surface area contributed by atoms with E-state index in [1.54, 1.807) is 6.08 Å². The average Bonchev–Trinajstić information content (AvgIpc) is 2.82. The SMILES string of the molecule is C=CCn1c(SCCC(F)(F)F)nnc1C1CCNCC1.Cl. The largest absolute Gasteiger partial charge is 0.389 e. The van der Waals surface area contributed by atoms with E-state index in [-0.39, 0.29) is 18.2 Å².